The summed E-state index contributed by atoms with van der Waals surface area (Å²) in [5.41, 5.74) is 1.17. The molecule has 16 heavy (non-hydrogen) atoms. The van der Waals surface area contributed by atoms with Crippen LogP contribution in [0, 0.1) is 0 Å². The van der Waals surface area contributed by atoms with Gasteiger partial charge in [0, 0.05) is 12.1 Å². The Morgan fingerprint density at radius 2 is 1.94 bits per heavy atom. The molecule has 0 bridgehead atoms. The van der Waals surface area contributed by atoms with Crippen LogP contribution >= 0.6 is 0 Å². The predicted octanol–water partition coefficient (Wildman–Crippen LogP) is 2.07. The third-order valence-electron chi connectivity index (χ3n) is 2.31. The molecule has 0 aliphatic rings. The van der Waals surface area contributed by atoms with Crippen LogP contribution in [0.4, 0.5) is 0 Å². The van der Waals surface area contributed by atoms with Crippen molar-refractivity contribution in [2.45, 2.75) is 38.8 Å². The highest BCUT2D eigenvalue weighted by Crippen LogP contribution is 2.06. The summed E-state index contributed by atoms with van der Waals surface area (Å²) < 4.78 is 0. The molecule has 0 fully saturated rings. The summed E-state index contributed by atoms with van der Waals surface area (Å²) in [7, 11) is 0. The van der Waals surface area contributed by atoms with Gasteiger partial charge in [-0.05, 0) is 12.0 Å². The van der Waals surface area contributed by atoms with E-state index < -0.39 is 5.97 Å². The first-order chi connectivity index (χ1) is 7.58. The van der Waals surface area contributed by atoms with Crippen LogP contribution < -0.4 is 5.32 Å². The van der Waals surface area contributed by atoms with E-state index in [0.717, 1.165) is 6.42 Å². The van der Waals surface area contributed by atoms with E-state index in [2.05, 4.69) is 5.32 Å². The molecule has 0 saturated carbocycles. The number of aliphatic carboxylic acids is 1. The van der Waals surface area contributed by atoms with E-state index in [-0.39, 0.29) is 12.5 Å². The number of hydrogen-bond donors (Lipinski definition) is 2. The molecule has 1 aromatic rings. The van der Waals surface area contributed by atoms with Crippen molar-refractivity contribution in [1.29, 1.82) is 0 Å². The molecule has 1 aromatic carbocycles. The van der Waals surface area contributed by atoms with Crippen LogP contribution in [0.1, 0.15) is 25.8 Å². The Labute approximate surface area is 96.5 Å². The van der Waals surface area contributed by atoms with E-state index in [4.69, 9.17) is 5.11 Å². The molecular weight excluding hydrogens is 202 g/mol. The summed E-state index contributed by atoms with van der Waals surface area (Å²) in [5, 5.41) is 12.1. The van der Waals surface area contributed by atoms with Gasteiger partial charge in [0.25, 0.3) is 0 Å². The lowest BCUT2D eigenvalue weighted by Gasteiger charge is -2.19. The van der Waals surface area contributed by atoms with Crippen molar-refractivity contribution in [3.8, 4) is 0 Å². The number of carboxylic acids is 1. The lowest BCUT2D eigenvalue weighted by atomic mass is 10.0. The molecule has 1 rings (SSSR count). The Bertz CT molecular complexity index is 322. The number of carboxylic acid groups (broad SMARTS) is 1. The monoisotopic (exact) mass is 221 g/mol. The number of hydrogen-bond acceptors (Lipinski definition) is 2. The van der Waals surface area contributed by atoms with Crippen molar-refractivity contribution < 1.29 is 9.90 Å². The second kappa shape index (κ2) is 6.28. The standard InChI is InChI=1S/C13H19NO2/c1-10(2)14-12(9-13(15)16)8-11-6-4-3-5-7-11/h3-7,10,12,14H,8-9H2,1-2H3,(H,15,16). The van der Waals surface area contributed by atoms with E-state index in [1.165, 1.54) is 5.56 Å². The van der Waals surface area contributed by atoms with Crippen molar-refractivity contribution in [3.63, 3.8) is 0 Å². The molecule has 88 valence electrons. The van der Waals surface area contributed by atoms with Crippen LogP contribution in [-0.2, 0) is 11.2 Å². The third kappa shape index (κ3) is 4.94. The second-order valence-corrected chi connectivity index (χ2v) is 4.31. The first kappa shape index (κ1) is 12.7. The van der Waals surface area contributed by atoms with Crippen molar-refractivity contribution in [2.75, 3.05) is 0 Å². The second-order valence-electron chi connectivity index (χ2n) is 4.31. The smallest absolute Gasteiger partial charge is 0.304 e. The largest absolute Gasteiger partial charge is 0.481 e. The zero-order valence-corrected chi connectivity index (χ0v) is 9.81. The first-order valence-corrected chi connectivity index (χ1v) is 5.59. The van der Waals surface area contributed by atoms with Gasteiger partial charge < -0.3 is 10.4 Å². The van der Waals surface area contributed by atoms with E-state index >= 15 is 0 Å². The lowest BCUT2D eigenvalue weighted by molar-refractivity contribution is -0.137. The van der Waals surface area contributed by atoms with Gasteiger partial charge in [-0.2, -0.15) is 0 Å². The molecule has 1 unspecified atom stereocenters. The van der Waals surface area contributed by atoms with Crippen LogP contribution in [0.25, 0.3) is 0 Å². The summed E-state index contributed by atoms with van der Waals surface area (Å²) >= 11 is 0. The van der Waals surface area contributed by atoms with Gasteiger partial charge in [0.1, 0.15) is 0 Å². The molecular formula is C13H19NO2. The topological polar surface area (TPSA) is 49.3 Å². The Kier molecular flexibility index (Phi) is 4.99. The molecule has 0 amide bonds. The average molecular weight is 221 g/mol. The van der Waals surface area contributed by atoms with Crippen LogP contribution in [0.5, 0.6) is 0 Å². The highest BCUT2D eigenvalue weighted by molar-refractivity contribution is 5.67. The molecule has 0 aromatic heterocycles. The molecule has 0 radical (unpaired) electrons. The van der Waals surface area contributed by atoms with Gasteiger partial charge >= 0.3 is 5.97 Å². The quantitative estimate of drug-likeness (QED) is 0.773. The molecule has 3 nitrogen and oxygen atoms in total. The molecule has 0 heterocycles. The minimum absolute atomic E-state index is 0.0000926. The maximum Gasteiger partial charge on any atom is 0.304 e. The molecule has 0 spiro atoms. The van der Waals surface area contributed by atoms with Crippen LogP contribution in [0.3, 0.4) is 0 Å². The molecule has 0 saturated heterocycles. The zero-order valence-electron chi connectivity index (χ0n) is 9.81. The maximum atomic E-state index is 10.7. The highest BCUT2D eigenvalue weighted by Gasteiger charge is 2.14. The zero-order chi connectivity index (χ0) is 12.0. The summed E-state index contributed by atoms with van der Waals surface area (Å²) in [6.07, 6.45) is 0.915. The number of nitrogens with one attached hydrogen (secondary N) is 1. The molecule has 0 aliphatic heterocycles. The van der Waals surface area contributed by atoms with Gasteiger partial charge in [0.15, 0.2) is 0 Å². The Balaban J connectivity index is 2.59. The van der Waals surface area contributed by atoms with Crippen molar-refractivity contribution in [3.05, 3.63) is 35.9 Å². The third-order valence-corrected chi connectivity index (χ3v) is 2.31. The summed E-state index contributed by atoms with van der Waals surface area (Å²) in [4.78, 5) is 10.7. The van der Waals surface area contributed by atoms with Crippen LogP contribution in [0.15, 0.2) is 30.3 Å². The maximum absolute atomic E-state index is 10.7. The SMILES string of the molecule is CC(C)NC(CC(=O)O)Cc1ccccc1. The van der Waals surface area contributed by atoms with E-state index in [1.54, 1.807) is 0 Å². The fraction of sp³-hybridized carbons (Fsp3) is 0.462. The first-order valence-electron chi connectivity index (χ1n) is 5.59. The van der Waals surface area contributed by atoms with Crippen molar-refractivity contribution in [1.82, 2.24) is 5.32 Å². The summed E-state index contributed by atoms with van der Waals surface area (Å²) in [6.45, 7) is 4.06. The van der Waals surface area contributed by atoms with Gasteiger partial charge in [0.2, 0.25) is 0 Å². The lowest BCUT2D eigenvalue weighted by Crippen LogP contribution is -2.38. The molecule has 2 N–H and O–H groups in total. The minimum Gasteiger partial charge on any atom is -0.481 e. The Morgan fingerprint density at radius 1 is 1.31 bits per heavy atom. The molecule has 0 aliphatic carbocycles. The van der Waals surface area contributed by atoms with Crippen LogP contribution in [0.2, 0.25) is 0 Å². The van der Waals surface area contributed by atoms with Gasteiger partial charge in [-0.15, -0.1) is 0 Å². The van der Waals surface area contributed by atoms with E-state index in [9.17, 15) is 4.79 Å². The van der Waals surface area contributed by atoms with E-state index in [0.29, 0.717) is 6.04 Å². The normalized spacial score (nSPS) is 12.7. The van der Waals surface area contributed by atoms with Gasteiger partial charge in [0.05, 0.1) is 6.42 Å². The molecule has 3 heteroatoms. The van der Waals surface area contributed by atoms with E-state index in [1.807, 2.05) is 44.2 Å². The van der Waals surface area contributed by atoms with Crippen molar-refractivity contribution in [2.24, 2.45) is 0 Å². The predicted molar refractivity (Wildman–Crippen MR) is 64.5 cm³/mol. The number of carbonyl (C=O) groups is 1. The summed E-state index contributed by atoms with van der Waals surface area (Å²) in [5.74, 6) is -0.755. The fourth-order valence-electron chi connectivity index (χ4n) is 1.77. The Hall–Kier alpha value is -1.35. The molecule has 1 atom stereocenters. The average Bonchev–Trinajstić information content (AvgIpc) is 2.16. The highest BCUT2D eigenvalue weighted by atomic mass is 16.4. The van der Waals surface area contributed by atoms with Gasteiger partial charge in [-0.25, -0.2) is 0 Å². The van der Waals surface area contributed by atoms with Gasteiger partial charge in [-0.1, -0.05) is 44.2 Å². The summed E-state index contributed by atoms with van der Waals surface area (Å²) in [6, 6.07) is 10.3. The van der Waals surface area contributed by atoms with Crippen molar-refractivity contribution >= 4 is 5.97 Å². The Morgan fingerprint density at radius 3 is 2.44 bits per heavy atom. The number of benzene rings is 1. The minimum atomic E-state index is -0.755. The number of rotatable bonds is 6. The van der Waals surface area contributed by atoms with Crippen LogP contribution in [-0.4, -0.2) is 23.2 Å². The fourth-order valence-corrected chi connectivity index (χ4v) is 1.77. The van der Waals surface area contributed by atoms with Gasteiger partial charge in [-0.3, -0.25) is 4.79 Å².